The van der Waals surface area contributed by atoms with Crippen molar-refractivity contribution in [3.05, 3.63) is 34.0 Å². The van der Waals surface area contributed by atoms with Gasteiger partial charge in [-0.05, 0) is 17.9 Å². The van der Waals surface area contributed by atoms with Crippen molar-refractivity contribution in [3.63, 3.8) is 0 Å². The van der Waals surface area contributed by atoms with Crippen molar-refractivity contribution in [1.29, 1.82) is 0 Å². The van der Waals surface area contributed by atoms with Crippen LogP contribution in [-0.4, -0.2) is 33.0 Å². The molecule has 2 rings (SSSR count). The van der Waals surface area contributed by atoms with Crippen LogP contribution >= 0.6 is 11.3 Å². The summed E-state index contributed by atoms with van der Waals surface area (Å²) in [5, 5.41) is 10.3. The van der Waals surface area contributed by atoms with Crippen LogP contribution < -0.4 is 0 Å². The van der Waals surface area contributed by atoms with Gasteiger partial charge in [0, 0.05) is 12.4 Å². The van der Waals surface area contributed by atoms with E-state index in [0.717, 1.165) is 11.1 Å². The smallest absolute Gasteiger partial charge is 0.255 e. The molecule has 0 radical (unpaired) electrons. The van der Waals surface area contributed by atoms with Crippen LogP contribution in [0.2, 0.25) is 0 Å². The van der Waals surface area contributed by atoms with Crippen molar-refractivity contribution >= 4 is 17.2 Å². The minimum absolute atomic E-state index is 0.00940. The molecule has 6 heteroatoms. The Labute approximate surface area is 97.1 Å². The van der Waals surface area contributed by atoms with Crippen LogP contribution in [0.4, 0.5) is 0 Å². The molecular weight excluding hydrogens is 224 g/mol. The zero-order chi connectivity index (χ0) is 11.5. The first kappa shape index (κ1) is 10.8. The molecule has 0 aliphatic carbocycles. The van der Waals surface area contributed by atoms with E-state index < -0.39 is 0 Å². The summed E-state index contributed by atoms with van der Waals surface area (Å²) in [4.78, 5) is 17.6. The van der Waals surface area contributed by atoms with Crippen molar-refractivity contribution in [2.75, 3.05) is 7.05 Å². The van der Waals surface area contributed by atoms with Crippen LogP contribution in [0, 0.1) is 6.92 Å². The number of amides is 1. The van der Waals surface area contributed by atoms with Gasteiger partial charge in [-0.15, -0.1) is 0 Å². The van der Waals surface area contributed by atoms with Crippen molar-refractivity contribution < 1.29 is 4.79 Å². The molecule has 0 atom stereocenters. The molecule has 0 aliphatic heterocycles. The molecule has 1 amide bonds. The number of carbonyl (C=O) groups excluding carboxylic acids is 1. The van der Waals surface area contributed by atoms with Gasteiger partial charge in [0.2, 0.25) is 0 Å². The Morgan fingerprint density at radius 2 is 2.38 bits per heavy atom. The Balaban J connectivity index is 2.08. The van der Waals surface area contributed by atoms with E-state index in [9.17, 15) is 4.79 Å². The minimum Gasteiger partial charge on any atom is -0.334 e. The lowest BCUT2D eigenvalue weighted by Crippen LogP contribution is -2.26. The van der Waals surface area contributed by atoms with Gasteiger partial charge in [0.15, 0.2) is 0 Å². The Kier molecular flexibility index (Phi) is 3.00. The first-order valence-corrected chi connectivity index (χ1v) is 5.75. The van der Waals surface area contributed by atoms with E-state index in [1.807, 2.05) is 17.7 Å². The lowest BCUT2D eigenvalue weighted by atomic mass is 10.2. The summed E-state index contributed by atoms with van der Waals surface area (Å²) in [6.45, 7) is 2.38. The first-order valence-electron chi connectivity index (χ1n) is 4.81. The predicted molar refractivity (Wildman–Crippen MR) is 61.2 cm³/mol. The summed E-state index contributed by atoms with van der Waals surface area (Å²) in [5.74, 6) is 0.693. The van der Waals surface area contributed by atoms with Crippen molar-refractivity contribution in [2.24, 2.45) is 0 Å². The molecule has 0 aromatic carbocycles. The van der Waals surface area contributed by atoms with Crippen molar-refractivity contribution in [3.8, 4) is 0 Å². The van der Waals surface area contributed by atoms with E-state index in [1.165, 1.54) is 17.7 Å². The van der Waals surface area contributed by atoms with Crippen LogP contribution in [0.5, 0.6) is 0 Å². The highest BCUT2D eigenvalue weighted by molar-refractivity contribution is 7.08. The van der Waals surface area contributed by atoms with Crippen LogP contribution in [0.15, 0.2) is 17.1 Å². The maximum atomic E-state index is 12.0. The second-order valence-electron chi connectivity index (χ2n) is 3.56. The fraction of sp³-hybridized carbons (Fsp3) is 0.300. The summed E-state index contributed by atoms with van der Waals surface area (Å²) in [7, 11) is 1.75. The van der Waals surface area contributed by atoms with Crippen LogP contribution in [0.3, 0.4) is 0 Å². The minimum atomic E-state index is 0.00940. The number of aromatic amines is 1. The number of carbonyl (C=O) groups is 1. The Bertz CT molecular complexity index is 477. The van der Waals surface area contributed by atoms with Crippen LogP contribution in [0.1, 0.15) is 21.7 Å². The fourth-order valence-electron chi connectivity index (χ4n) is 1.39. The third kappa shape index (κ3) is 2.11. The summed E-state index contributed by atoms with van der Waals surface area (Å²) < 4.78 is 0. The van der Waals surface area contributed by atoms with E-state index in [0.29, 0.717) is 12.4 Å². The lowest BCUT2D eigenvalue weighted by molar-refractivity contribution is 0.0781. The quantitative estimate of drug-likeness (QED) is 0.877. The number of nitrogens with zero attached hydrogens (tertiary/aromatic N) is 3. The zero-order valence-corrected chi connectivity index (χ0v) is 9.91. The second kappa shape index (κ2) is 4.44. The standard InChI is InChI=1S/C10H12N4OS/c1-7-4-16-5-8(7)10(15)14(2)3-9-11-6-12-13-9/h4-6H,3H2,1-2H3,(H,11,12,13). The number of thiophene rings is 1. The van der Waals surface area contributed by atoms with E-state index >= 15 is 0 Å². The number of H-pyrrole nitrogens is 1. The van der Waals surface area contributed by atoms with Gasteiger partial charge in [-0.3, -0.25) is 9.89 Å². The third-order valence-electron chi connectivity index (χ3n) is 2.28. The van der Waals surface area contributed by atoms with Crippen LogP contribution in [-0.2, 0) is 6.54 Å². The Hall–Kier alpha value is -1.69. The van der Waals surface area contributed by atoms with Gasteiger partial charge in [-0.2, -0.15) is 16.4 Å². The maximum Gasteiger partial charge on any atom is 0.255 e. The van der Waals surface area contributed by atoms with Gasteiger partial charge < -0.3 is 4.90 Å². The van der Waals surface area contributed by atoms with Crippen molar-refractivity contribution in [2.45, 2.75) is 13.5 Å². The van der Waals surface area contributed by atoms with E-state index in [-0.39, 0.29) is 5.91 Å². The molecule has 0 bridgehead atoms. The SMILES string of the molecule is Cc1cscc1C(=O)N(C)Cc1ncn[nH]1. The highest BCUT2D eigenvalue weighted by Crippen LogP contribution is 2.15. The molecule has 2 aromatic heterocycles. The first-order chi connectivity index (χ1) is 7.68. The summed E-state index contributed by atoms with van der Waals surface area (Å²) in [5.41, 5.74) is 1.77. The van der Waals surface area contributed by atoms with Crippen LogP contribution in [0.25, 0.3) is 0 Å². The average molecular weight is 236 g/mol. The largest absolute Gasteiger partial charge is 0.334 e. The molecule has 0 fully saturated rings. The molecule has 5 nitrogen and oxygen atoms in total. The highest BCUT2D eigenvalue weighted by Gasteiger charge is 2.15. The number of hydrogen-bond acceptors (Lipinski definition) is 4. The Morgan fingerprint density at radius 3 is 2.94 bits per heavy atom. The molecule has 0 saturated carbocycles. The molecule has 2 aromatic rings. The normalized spacial score (nSPS) is 10.4. The van der Waals surface area contributed by atoms with Gasteiger partial charge in [0.1, 0.15) is 12.2 Å². The number of hydrogen-bond donors (Lipinski definition) is 1. The van der Waals surface area contributed by atoms with Gasteiger partial charge in [-0.25, -0.2) is 4.98 Å². The highest BCUT2D eigenvalue weighted by atomic mass is 32.1. The predicted octanol–water partition coefficient (Wildman–Crippen LogP) is 1.45. The van der Waals surface area contributed by atoms with Crippen molar-refractivity contribution in [1.82, 2.24) is 20.1 Å². The Morgan fingerprint density at radius 1 is 1.56 bits per heavy atom. The molecule has 2 heterocycles. The molecule has 0 unspecified atom stereocenters. The van der Waals surface area contributed by atoms with E-state index in [4.69, 9.17) is 0 Å². The topological polar surface area (TPSA) is 61.9 Å². The lowest BCUT2D eigenvalue weighted by Gasteiger charge is -2.15. The summed E-state index contributed by atoms with van der Waals surface area (Å²) in [6.07, 6.45) is 1.43. The summed E-state index contributed by atoms with van der Waals surface area (Å²) in [6, 6.07) is 0. The van der Waals surface area contributed by atoms with Gasteiger partial charge in [0.25, 0.3) is 5.91 Å². The molecule has 0 spiro atoms. The average Bonchev–Trinajstić information content (AvgIpc) is 2.88. The zero-order valence-electron chi connectivity index (χ0n) is 9.10. The third-order valence-corrected chi connectivity index (χ3v) is 3.15. The molecule has 0 aliphatic rings. The maximum absolute atomic E-state index is 12.0. The van der Waals surface area contributed by atoms with Gasteiger partial charge in [-0.1, -0.05) is 0 Å². The fourth-order valence-corrected chi connectivity index (χ4v) is 2.21. The number of nitrogens with one attached hydrogen (secondary N) is 1. The number of aryl methyl sites for hydroxylation is 1. The molecule has 0 saturated heterocycles. The molecular formula is C10H12N4OS. The van der Waals surface area contributed by atoms with E-state index in [2.05, 4.69) is 15.2 Å². The number of rotatable bonds is 3. The van der Waals surface area contributed by atoms with Gasteiger partial charge in [0.05, 0.1) is 12.1 Å². The molecule has 84 valence electrons. The molecule has 16 heavy (non-hydrogen) atoms. The van der Waals surface area contributed by atoms with E-state index in [1.54, 1.807) is 11.9 Å². The molecule has 1 N–H and O–H groups in total. The second-order valence-corrected chi connectivity index (χ2v) is 4.31. The summed E-state index contributed by atoms with van der Waals surface area (Å²) >= 11 is 1.54. The monoisotopic (exact) mass is 236 g/mol. The number of aromatic nitrogens is 3. The van der Waals surface area contributed by atoms with Gasteiger partial charge >= 0.3 is 0 Å².